The number of carbonyl (C=O) groups excluding carboxylic acids is 1. The number of amides is 1. The Morgan fingerprint density at radius 1 is 1.48 bits per heavy atom. The molecule has 1 aliphatic rings. The van der Waals surface area contributed by atoms with Gasteiger partial charge in [-0.15, -0.1) is 0 Å². The maximum absolute atomic E-state index is 12.4. The molecule has 2 heterocycles. The fourth-order valence-corrected chi connectivity index (χ4v) is 3.27. The minimum atomic E-state index is -0.112. The number of hydrogen-bond donors (Lipinski definition) is 0. The molecular formula is C18H22N2O3. The lowest BCUT2D eigenvalue weighted by Crippen LogP contribution is -2.47. The number of carbonyl (C=O) groups is 1. The van der Waals surface area contributed by atoms with Crippen LogP contribution in [0.4, 0.5) is 0 Å². The molecular weight excluding hydrogens is 292 g/mol. The van der Waals surface area contributed by atoms with Crippen LogP contribution in [0.5, 0.6) is 0 Å². The van der Waals surface area contributed by atoms with Crippen molar-refractivity contribution >= 4 is 5.91 Å². The highest BCUT2D eigenvalue weighted by Gasteiger charge is 2.32. The Kier molecular flexibility index (Phi) is 4.76. The molecule has 1 aromatic heterocycles. The molecule has 0 spiro atoms. The van der Waals surface area contributed by atoms with Crippen LogP contribution in [-0.2, 0) is 11.2 Å². The number of piperidine rings is 1. The number of aryl methyl sites for hydroxylation is 1. The van der Waals surface area contributed by atoms with Crippen LogP contribution < -0.4 is 0 Å². The summed E-state index contributed by atoms with van der Waals surface area (Å²) >= 11 is 0. The maximum atomic E-state index is 12.4. The van der Waals surface area contributed by atoms with Crippen LogP contribution in [0.1, 0.15) is 28.1 Å². The summed E-state index contributed by atoms with van der Waals surface area (Å²) in [6.45, 7) is 3.42. The van der Waals surface area contributed by atoms with Gasteiger partial charge in [0.05, 0.1) is 12.3 Å². The summed E-state index contributed by atoms with van der Waals surface area (Å²) in [6, 6.07) is 8.58. The molecule has 5 heteroatoms. The molecule has 0 saturated carbocycles. The van der Waals surface area contributed by atoms with Gasteiger partial charge >= 0.3 is 0 Å². The van der Waals surface area contributed by atoms with Gasteiger partial charge in [-0.3, -0.25) is 4.79 Å². The van der Waals surface area contributed by atoms with Gasteiger partial charge in [0.2, 0.25) is 5.76 Å². The molecule has 0 aliphatic carbocycles. The van der Waals surface area contributed by atoms with Gasteiger partial charge in [0.25, 0.3) is 5.91 Å². The summed E-state index contributed by atoms with van der Waals surface area (Å²) in [5, 5.41) is 0. The standard InChI is InChI=1S/C18H22N2O3/c1-13-4-3-5-14(8-13)9-15-6-7-20(11-17(15)22-2)18(21)16-10-19-12-23-16/h3-5,8,10,12,15,17H,6-7,9,11H2,1-2H3/t15-,17-/m1/s1. The largest absolute Gasteiger partial charge is 0.438 e. The molecule has 5 nitrogen and oxygen atoms in total. The number of aromatic nitrogens is 1. The predicted octanol–water partition coefficient (Wildman–Crippen LogP) is 2.70. The highest BCUT2D eigenvalue weighted by Crippen LogP contribution is 2.25. The number of benzene rings is 1. The van der Waals surface area contributed by atoms with E-state index in [2.05, 4.69) is 36.2 Å². The first kappa shape index (κ1) is 15.7. The van der Waals surface area contributed by atoms with E-state index in [1.54, 1.807) is 12.0 Å². The van der Waals surface area contributed by atoms with Crippen LogP contribution in [0.3, 0.4) is 0 Å². The van der Waals surface area contributed by atoms with Gasteiger partial charge in [-0.1, -0.05) is 29.8 Å². The van der Waals surface area contributed by atoms with Crippen LogP contribution >= 0.6 is 0 Å². The Balaban J connectivity index is 1.66. The summed E-state index contributed by atoms with van der Waals surface area (Å²) in [6.07, 6.45) is 4.68. The Morgan fingerprint density at radius 2 is 2.35 bits per heavy atom. The Labute approximate surface area is 136 Å². The van der Waals surface area contributed by atoms with Crippen molar-refractivity contribution in [1.82, 2.24) is 9.88 Å². The SMILES string of the molecule is CO[C@@H]1CN(C(=O)c2cnco2)CC[C@@H]1Cc1cccc(C)c1. The number of hydrogen-bond acceptors (Lipinski definition) is 4. The zero-order valence-corrected chi connectivity index (χ0v) is 13.6. The summed E-state index contributed by atoms with van der Waals surface area (Å²) in [5.41, 5.74) is 2.60. The molecule has 0 bridgehead atoms. The summed E-state index contributed by atoms with van der Waals surface area (Å²) in [4.78, 5) is 18.0. The van der Waals surface area contributed by atoms with E-state index < -0.39 is 0 Å². The monoisotopic (exact) mass is 314 g/mol. The zero-order valence-electron chi connectivity index (χ0n) is 13.6. The third-order valence-electron chi connectivity index (χ3n) is 4.51. The van der Waals surface area contributed by atoms with E-state index in [0.29, 0.717) is 12.5 Å². The molecule has 3 rings (SSSR count). The number of rotatable bonds is 4. The topological polar surface area (TPSA) is 55.6 Å². The molecule has 0 N–H and O–H groups in total. The van der Waals surface area contributed by atoms with E-state index in [-0.39, 0.29) is 17.8 Å². The third kappa shape index (κ3) is 3.62. The highest BCUT2D eigenvalue weighted by molar-refractivity contribution is 5.91. The smallest absolute Gasteiger partial charge is 0.291 e. The predicted molar refractivity (Wildman–Crippen MR) is 86.2 cm³/mol. The molecule has 122 valence electrons. The van der Waals surface area contributed by atoms with Crippen molar-refractivity contribution in [2.75, 3.05) is 20.2 Å². The van der Waals surface area contributed by atoms with E-state index >= 15 is 0 Å². The second kappa shape index (κ2) is 6.96. The minimum Gasteiger partial charge on any atom is -0.438 e. The van der Waals surface area contributed by atoms with Gasteiger partial charge < -0.3 is 14.1 Å². The fraction of sp³-hybridized carbons (Fsp3) is 0.444. The van der Waals surface area contributed by atoms with Crippen LogP contribution in [-0.4, -0.2) is 42.1 Å². The number of ether oxygens (including phenoxy) is 1. The normalized spacial score (nSPS) is 21.4. The average Bonchev–Trinajstić information content (AvgIpc) is 3.09. The minimum absolute atomic E-state index is 0.0381. The quantitative estimate of drug-likeness (QED) is 0.870. The van der Waals surface area contributed by atoms with Crippen LogP contribution in [0.15, 0.2) is 41.3 Å². The first-order chi connectivity index (χ1) is 11.2. The molecule has 1 amide bonds. The van der Waals surface area contributed by atoms with E-state index in [9.17, 15) is 4.79 Å². The van der Waals surface area contributed by atoms with Crippen LogP contribution in [0, 0.1) is 12.8 Å². The first-order valence-electron chi connectivity index (χ1n) is 7.93. The zero-order chi connectivity index (χ0) is 16.2. The fourth-order valence-electron chi connectivity index (χ4n) is 3.27. The molecule has 0 unspecified atom stereocenters. The van der Waals surface area contributed by atoms with Crippen LogP contribution in [0.25, 0.3) is 0 Å². The van der Waals surface area contributed by atoms with Crippen molar-refractivity contribution in [3.8, 4) is 0 Å². The second-order valence-corrected chi connectivity index (χ2v) is 6.13. The van der Waals surface area contributed by atoms with Crippen molar-refractivity contribution in [1.29, 1.82) is 0 Å². The van der Waals surface area contributed by atoms with Crippen LogP contribution in [0.2, 0.25) is 0 Å². The van der Waals surface area contributed by atoms with Gasteiger partial charge in [0.15, 0.2) is 6.39 Å². The molecule has 1 aromatic carbocycles. The maximum Gasteiger partial charge on any atom is 0.291 e. The summed E-state index contributed by atoms with van der Waals surface area (Å²) in [7, 11) is 1.72. The van der Waals surface area contributed by atoms with E-state index in [1.165, 1.54) is 23.7 Å². The van der Waals surface area contributed by atoms with Gasteiger partial charge in [-0.05, 0) is 31.2 Å². The van der Waals surface area contributed by atoms with E-state index in [4.69, 9.17) is 9.15 Å². The van der Waals surface area contributed by atoms with Crippen molar-refractivity contribution < 1.29 is 13.9 Å². The molecule has 23 heavy (non-hydrogen) atoms. The van der Waals surface area contributed by atoms with Crippen molar-refractivity contribution in [3.05, 3.63) is 53.7 Å². The molecule has 2 atom stereocenters. The van der Waals surface area contributed by atoms with Gasteiger partial charge in [-0.25, -0.2) is 4.98 Å². The van der Waals surface area contributed by atoms with Crippen molar-refractivity contribution in [3.63, 3.8) is 0 Å². The molecule has 0 radical (unpaired) electrons. The Morgan fingerprint density at radius 3 is 3.04 bits per heavy atom. The second-order valence-electron chi connectivity index (χ2n) is 6.13. The first-order valence-corrected chi connectivity index (χ1v) is 7.93. The Hall–Kier alpha value is -2.14. The molecule has 1 fully saturated rings. The number of nitrogens with zero attached hydrogens (tertiary/aromatic N) is 2. The van der Waals surface area contributed by atoms with Gasteiger partial charge in [0.1, 0.15) is 0 Å². The molecule has 1 aliphatic heterocycles. The summed E-state index contributed by atoms with van der Waals surface area (Å²) in [5.74, 6) is 0.594. The lowest BCUT2D eigenvalue weighted by atomic mass is 9.87. The highest BCUT2D eigenvalue weighted by atomic mass is 16.5. The molecule has 1 saturated heterocycles. The van der Waals surface area contributed by atoms with Gasteiger partial charge in [-0.2, -0.15) is 0 Å². The molecule has 2 aromatic rings. The number of oxazole rings is 1. The van der Waals surface area contributed by atoms with Gasteiger partial charge in [0, 0.05) is 20.2 Å². The van der Waals surface area contributed by atoms with Crippen molar-refractivity contribution in [2.24, 2.45) is 5.92 Å². The third-order valence-corrected chi connectivity index (χ3v) is 4.51. The number of likely N-dealkylation sites (tertiary alicyclic amines) is 1. The van der Waals surface area contributed by atoms with E-state index in [0.717, 1.165) is 19.4 Å². The van der Waals surface area contributed by atoms with Crippen molar-refractivity contribution in [2.45, 2.75) is 25.9 Å². The summed E-state index contributed by atoms with van der Waals surface area (Å²) < 4.78 is 10.8. The average molecular weight is 314 g/mol. The number of methoxy groups -OCH3 is 1. The van der Waals surface area contributed by atoms with E-state index in [1.807, 2.05) is 0 Å². The Bertz CT molecular complexity index is 654. The lowest BCUT2D eigenvalue weighted by molar-refractivity contribution is -0.00793. The lowest BCUT2D eigenvalue weighted by Gasteiger charge is -2.37.